The monoisotopic (exact) mass is 398 g/mol. The third-order valence-electron chi connectivity index (χ3n) is 4.71. The van der Waals surface area contributed by atoms with Crippen LogP contribution < -0.4 is 5.32 Å². The molecule has 5 aromatic rings. The van der Waals surface area contributed by atoms with E-state index in [-0.39, 0.29) is 5.91 Å². The molecule has 0 bridgehead atoms. The van der Waals surface area contributed by atoms with Gasteiger partial charge in [-0.15, -0.1) is 11.3 Å². The number of imidazole rings is 1. The summed E-state index contributed by atoms with van der Waals surface area (Å²) in [5.74, 6) is 0.766. The molecule has 2 aromatic heterocycles. The largest absolute Gasteiger partial charge is 0.338 e. The predicted octanol–water partition coefficient (Wildman–Crippen LogP) is 5.41. The van der Waals surface area contributed by atoms with Crippen LogP contribution >= 0.6 is 11.3 Å². The number of benzene rings is 3. The number of carbonyl (C=O) groups excluding carboxylic acids is 1. The summed E-state index contributed by atoms with van der Waals surface area (Å²) < 4.78 is 1.15. The van der Waals surface area contributed by atoms with E-state index >= 15 is 0 Å². The summed E-state index contributed by atoms with van der Waals surface area (Å²) in [5, 5.41) is 3.97. The van der Waals surface area contributed by atoms with Gasteiger partial charge in [-0.2, -0.15) is 0 Å². The second-order valence-corrected chi connectivity index (χ2v) is 7.92. The zero-order chi connectivity index (χ0) is 19.6. The smallest absolute Gasteiger partial charge is 0.224 e. The number of carbonyl (C=O) groups is 1. The maximum atomic E-state index is 12.4. The Morgan fingerprint density at radius 1 is 0.931 bits per heavy atom. The molecule has 0 saturated heterocycles. The first-order valence-corrected chi connectivity index (χ1v) is 10.3. The van der Waals surface area contributed by atoms with Crippen molar-refractivity contribution in [1.82, 2.24) is 15.0 Å². The first-order chi connectivity index (χ1) is 14.2. The van der Waals surface area contributed by atoms with E-state index in [1.54, 1.807) is 11.3 Å². The summed E-state index contributed by atoms with van der Waals surface area (Å²) in [4.78, 5) is 25.0. The Morgan fingerprint density at radius 2 is 1.76 bits per heavy atom. The molecule has 5 rings (SSSR count). The Hall–Kier alpha value is -3.51. The van der Waals surface area contributed by atoms with Crippen LogP contribution in [0, 0.1) is 0 Å². The number of nitrogens with zero attached hydrogens (tertiary/aromatic N) is 2. The molecule has 0 unspecified atom stereocenters. The zero-order valence-electron chi connectivity index (χ0n) is 15.6. The topological polar surface area (TPSA) is 70.7 Å². The summed E-state index contributed by atoms with van der Waals surface area (Å²) in [5.41, 5.74) is 4.61. The van der Waals surface area contributed by atoms with Gasteiger partial charge in [0, 0.05) is 24.1 Å². The van der Waals surface area contributed by atoms with E-state index in [0.29, 0.717) is 12.8 Å². The lowest BCUT2D eigenvalue weighted by Gasteiger charge is -2.06. The predicted molar refractivity (Wildman–Crippen MR) is 118 cm³/mol. The van der Waals surface area contributed by atoms with Gasteiger partial charge in [0.05, 0.1) is 26.3 Å². The molecule has 2 N–H and O–H groups in total. The van der Waals surface area contributed by atoms with Gasteiger partial charge in [0.15, 0.2) is 0 Å². The second-order valence-electron chi connectivity index (χ2n) is 6.81. The number of H-pyrrole nitrogens is 1. The van der Waals surface area contributed by atoms with E-state index in [1.807, 2.05) is 66.7 Å². The van der Waals surface area contributed by atoms with Crippen molar-refractivity contribution in [2.75, 3.05) is 5.32 Å². The van der Waals surface area contributed by atoms with Crippen LogP contribution in [0.2, 0.25) is 0 Å². The van der Waals surface area contributed by atoms with Gasteiger partial charge in [0.25, 0.3) is 0 Å². The minimum absolute atomic E-state index is 0.0222. The fourth-order valence-electron chi connectivity index (χ4n) is 3.30. The number of hydrogen-bond acceptors (Lipinski definition) is 4. The molecule has 0 atom stereocenters. The first-order valence-electron chi connectivity index (χ1n) is 9.44. The molecule has 0 spiro atoms. The average Bonchev–Trinajstić information content (AvgIpc) is 3.36. The summed E-state index contributed by atoms with van der Waals surface area (Å²) in [7, 11) is 0. The first kappa shape index (κ1) is 17.6. The summed E-state index contributed by atoms with van der Waals surface area (Å²) in [6.45, 7) is 0. The molecule has 6 heteroatoms. The fraction of sp³-hybridized carbons (Fsp3) is 0.0870. The van der Waals surface area contributed by atoms with Crippen molar-refractivity contribution < 1.29 is 4.79 Å². The highest BCUT2D eigenvalue weighted by atomic mass is 32.1. The van der Waals surface area contributed by atoms with E-state index in [4.69, 9.17) is 0 Å². The SMILES string of the molecule is O=C(CCc1nc2ccccc2s1)Nc1cccc(-c2nc3ccccc3[nH]2)c1. The summed E-state index contributed by atoms with van der Waals surface area (Å²) in [6, 6.07) is 23.7. The van der Waals surface area contributed by atoms with Crippen molar-refractivity contribution in [2.45, 2.75) is 12.8 Å². The van der Waals surface area contributed by atoms with Crippen LogP contribution in [0.4, 0.5) is 5.69 Å². The molecule has 0 saturated carbocycles. The maximum absolute atomic E-state index is 12.4. The Kier molecular flexibility index (Phi) is 4.54. The highest BCUT2D eigenvalue weighted by Gasteiger charge is 2.09. The Labute approximate surface area is 171 Å². The summed E-state index contributed by atoms with van der Waals surface area (Å²) >= 11 is 1.64. The number of rotatable bonds is 5. The molecule has 0 fully saturated rings. The van der Waals surface area contributed by atoms with Gasteiger partial charge in [0.1, 0.15) is 5.82 Å². The number of fused-ring (bicyclic) bond motifs is 2. The minimum Gasteiger partial charge on any atom is -0.338 e. The molecule has 0 aliphatic heterocycles. The number of hydrogen-bond donors (Lipinski definition) is 2. The van der Waals surface area contributed by atoms with Crippen LogP contribution in [0.25, 0.3) is 32.6 Å². The number of amides is 1. The van der Waals surface area contributed by atoms with Crippen molar-refractivity contribution in [3.05, 3.63) is 77.8 Å². The van der Waals surface area contributed by atoms with Crippen molar-refractivity contribution in [3.63, 3.8) is 0 Å². The molecule has 3 aromatic carbocycles. The lowest BCUT2D eigenvalue weighted by Crippen LogP contribution is -2.12. The number of aryl methyl sites for hydroxylation is 1. The van der Waals surface area contributed by atoms with E-state index in [0.717, 1.165) is 43.3 Å². The van der Waals surface area contributed by atoms with Gasteiger partial charge in [-0.05, 0) is 36.4 Å². The Bertz CT molecular complexity index is 1250. The summed E-state index contributed by atoms with van der Waals surface area (Å²) in [6.07, 6.45) is 1.03. The van der Waals surface area contributed by atoms with Crippen molar-refractivity contribution in [2.24, 2.45) is 0 Å². The van der Waals surface area contributed by atoms with Crippen LogP contribution in [-0.4, -0.2) is 20.9 Å². The van der Waals surface area contributed by atoms with Gasteiger partial charge in [-0.1, -0.05) is 36.4 Å². The van der Waals surface area contributed by atoms with Crippen molar-refractivity contribution in [3.8, 4) is 11.4 Å². The molecule has 0 aliphatic carbocycles. The number of aromatic nitrogens is 3. The van der Waals surface area contributed by atoms with E-state index in [1.165, 1.54) is 0 Å². The lowest BCUT2D eigenvalue weighted by atomic mass is 10.2. The number of thiazole rings is 1. The average molecular weight is 398 g/mol. The second kappa shape index (κ2) is 7.48. The highest BCUT2D eigenvalue weighted by molar-refractivity contribution is 7.18. The third-order valence-corrected chi connectivity index (χ3v) is 5.81. The van der Waals surface area contributed by atoms with Crippen LogP contribution in [0.3, 0.4) is 0 Å². The van der Waals surface area contributed by atoms with E-state index in [9.17, 15) is 4.79 Å². The molecule has 29 heavy (non-hydrogen) atoms. The minimum atomic E-state index is -0.0222. The van der Waals surface area contributed by atoms with Gasteiger partial charge in [-0.25, -0.2) is 9.97 Å². The van der Waals surface area contributed by atoms with Crippen molar-refractivity contribution >= 4 is 44.2 Å². The van der Waals surface area contributed by atoms with Crippen LogP contribution in [0.5, 0.6) is 0 Å². The zero-order valence-corrected chi connectivity index (χ0v) is 16.4. The molecule has 0 aliphatic rings. The number of nitrogens with one attached hydrogen (secondary N) is 2. The van der Waals surface area contributed by atoms with E-state index < -0.39 is 0 Å². The maximum Gasteiger partial charge on any atom is 0.224 e. The normalized spacial score (nSPS) is 11.2. The Morgan fingerprint density at radius 3 is 2.62 bits per heavy atom. The van der Waals surface area contributed by atoms with Crippen LogP contribution in [-0.2, 0) is 11.2 Å². The molecular weight excluding hydrogens is 380 g/mol. The lowest BCUT2D eigenvalue weighted by molar-refractivity contribution is -0.116. The molecule has 5 nitrogen and oxygen atoms in total. The number of anilines is 1. The van der Waals surface area contributed by atoms with E-state index in [2.05, 4.69) is 26.3 Å². The van der Waals surface area contributed by atoms with Gasteiger partial charge < -0.3 is 10.3 Å². The standard InChI is InChI=1S/C23H18N4OS/c28-21(12-13-22-25-19-10-3-4-11-20(19)29-22)24-16-7-5-6-15(14-16)23-26-17-8-1-2-9-18(17)27-23/h1-11,14H,12-13H2,(H,24,28)(H,26,27). The number of para-hydroxylation sites is 3. The number of aromatic amines is 1. The molecule has 142 valence electrons. The highest BCUT2D eigenvalue weighted by Crippen LogP contribution is 2.24. The van der Waals surface area contributed by atoms with Crippen LogP contribution in [0.15, 0.2) is 72.8 Å². The molecular formula is C23H18N4OS. The fourth-order valence-corrected chi connectivity index (χ4v) is 4.27. The molecule has 1 amide bonds. The molecule has 2 heterocycles. The molecule has 0 radical (unpaired) electrons. The quantitative estimate of drug-likeness (QED) is 0.416. The van der Waals surface area contributed by atoms with Crippen LogP contribution in [0.1, 0.15) is 11.4 Å². The Balaban J connectivity index is 1.27. The van der Waals surface area contributed by atoms with Gasteiger partial charge in [0.2, 0.25) is 5.91 Å². The third kappa shape index (κ3) is 3.75. The van der Waals surface area contributed by atoms with Gasteiger partial charge >= 0.3 is 0 Å². The van der Waals surface area contributed by atoms with Crippen molar-refractivity contribution in [1.29, 1.82) is 0 Å². The van der Waals surface area contributed by atoms with Gasteiger partial charge in [-0.3, -0.25) is 4.79 Å².